The number of H-pyrrole nitrogens is 1. The maximum Gasteiger partial charge on any atom is 0.117 e. The normalized spacial score (nSPS) is 22.0. The summed E-state index contributed by atoms with van der Waals surface area (Å²) in [4.78, 5) is 6.40. The largest absolute Gasteiger partial charge is 0.468 e. The SMILES string of the molecule is Clc1ccc2[nH]c3c(c2c1)CCN(Cc1ccco1)[C@H]3C1CCCCC1. The van der Waals surface area contributed by atoms with Crippen LogP contribution in [0.3, 0.4) is 0 Å². The van der Waals surface area contributed by atoms with Crippen LogP contribution in [0.25, 0.3) is 10.9 Å². The average Bonchev–Trinajstić information content (AvgIpc) is 3.29. The Bertz CT molecular complexity index is 892. The second-order valence-corrected chi connectivity index (χ2v) is 8.29. The van der Waals surface area contributed by atoms with Gasteiger partial charge < -0.3 is 9.40 Å². The Morgan fingerprint density at radius 3 is 2.85 bits per heavy atom. The van der Waals surface area contributed by atoms with Gasteiger partial charge in [-0.15, -0.1) is 0 Å². The molecule has 0 unspecified atom stereocenters. The van der Waals surface area contributed by atoms with Crippen molar-refractivity contribution in [2.24, 2.45) is 5.92 Å². The second-order valence-electron chi connectivity index (χ2n) is 7.85. The molecule has 2 aromatic heterocycles. The zero-order valence-corrected chi connectivity index (χ0v) is 15.8. The molecule has 1 saturated carbocycles. The third-order valence-electron chi connectivity index (χ3n) is 6.27. The highest BCUT2D eigenvalue weighted by Gasteiger charge is 2.36. The Morgan fingerprint density at radius 2 is 2.04 bits per heavy atom. The van der Waals surface area contributed by atoms with E-state index >= 15 is 0 Å². The zero-order valence-electron chi connectivity index (χ0n) is 15.0. The van der Waals surface area contributed by atoms with Crippen molar-refractivity contribution in [3.63, 3.8) is 0 Å². The third kappa shape index (κ3) is 2.87. The monoisotopic (exact) mass is 368 g/mol. The molecule has 3 heterocycles. The molecule has 1 aromatic carbocycles. The highest BCUT2D eigenvalue weighted by molar-refractivity contribution is 6.31. The number of halogens is 1. The van der Waals surface area contributed by atoms with E-state index in [1.54, 1.807) is 6.26 Å². The van der Waals surface area contributed by atoms with E-state index in [0.29, 0.717) is 6.04 Å². The van der Waals surface area contributed by atoms with Gasteiger partial charge in [0.15, 0.2) is 0 Å². The van der Waals surface area contributed by atoms with Crippen LogP contribution < -0.4 is 0 Å². The third-order valence-corrected chi connectivity index (χ3v) is 6.51. The summed E-state index contributed by atoms with van der Waals surface area (Å²) in [5.74, 6) is 1.79. The summed E-state index contributed by atoms with van der Waals surface area (Å²) < 4.78 is 5.67. The summed E-state index contributed by atoms with van der Waals surface area (Å²) in [6.45, 7) is 1.97. The Kier molecular flexibility index (Phi) is 4.30. The van der Waals surface area contributed by atoms with Crippen LogP contribution in [-0.4, -0.2) is 16.4 Å². The lowest BCUT2D eigenvalue weighted by atomic mass is 9.79. The molecule has 1 N–H and O–H groups in total. The van der Waals surface area contributed by atoms with Gasteiger partial charge in [-0.25, -0.2) is 0 Å². The molecule has 3 nitrogen and oxygen atoms in total. The van der Waals surface area contributed by atoms with Crippen molar-refractivity contribution >= 4 is 22.5 Å². The number of hydrogen-bond donors (Lipinski definition) is 1. The second kappa shape index (κ2) is 6.79. The summed E-state index contributed by atoms with van der Waals surface area (Å²) in [7, 11) is 0. The first-order chi connectivity index (χ1) is 12.8. The smallest absolute Gasteiger partial charge is 0.117 e. The molecular formula is C22H25ClN2O. The number of furan rings is 1. The van der Waals surface area contributed by atoms with Gasteiger partial charge >= 0.3 is 0 Å². The maximum absolute atomic E-state index is 6.29. The van der Waals surface area contributed by atoms with Crippen LogP contribution in [0.5, 0.6) is 0 Å². The minimum atomic E-state index is 0.454. The van der Waals surface area contributed by atoms with Crippen molar-refractivity contribution in [2.75, 3.05) is 6.54 Å². The van der Waals surface area contributed by atoms with E-state index < -0.39 is 0 Å². The van der Waals surface area contributed by atoms with E-state index in [2.05, 4.69) is 28.1 Å². The van der Waals surface area contributed by atoms with Crippen LogP contribution in [0.2, 0.25) is 5.02 Å². The van der Waals surface area contributed by atoms with Crippen molar-refractivity contribution in [3.05, 3.63) is 58.6 Å². The standard InChI is InChI=1S/C22H25ClN2O/c23-16-8-9-20-19(13-16)18-10-11-25(14-17-7-4-12-26-17)22(21(18)24-20)15-5-2-1-3-6-15/h4,7-9,12-13,15,22,24H,1-3,5-6,10-11,14H2/t22-/m0/s1. The minimum Gasteiger partial charge on any atom is -0.468 e. The predicted octanol–water partition coefficient (Wildman–Crippen LogP) is 6.09. The first-order valence-corrected chi connectivity index (χ1v) is 10.2. The van der Waals surface area contributed by atoms with Crippen molar-refractivity contribution in [1.82, 2.24) is 9.88 Å². The van der Waals surface area contributed by atoms with Gasteiger partial charge in [0.05, 0.1) is 18.8 Å². The molecule has 0 spiro atoms. The van der Waals surface area contributed by atoms with E-state index in [1.165, 1.54) is 54.3 Å². The van der Waals surface area contributed by atoms with Gasteiger partial charge in [0.2, 0.25) is 0 Å². The van der Waals surface area contributed by atoms with E-state index in [4.69, 9.17) is 16.0 Å². The number of benzene rings is 1. The lowest BCUT2D eigenvalue weighted by Crippen LogP contribution is -2.39. The molecule has 26 heavy (non-hydrogen) atoms. The van der Waals surface area contributed by atoms with E-state index in [1.807, 2.05) is 12.1 Å². The molecule has 5 rings (SSSR count). The van der Waals surface area contributed by atoms with Gasteiger partial charge in [0.25, 0.3) is 0 Å². The number of aromatic nitrogens is 1. The zero-order chi connectivity index (χ0) is 17.5. The van der Waals surface area contributed by atoms with Gasteiger partial charge in [-0.05, 0) is 61.1 Å². The van der Waals surface area contributed by atoms with Crippen LogP contribution in [0.4, 0.5) is 0 Å². The molecule has 4 heteroatoms. The predicted molar refractivity (Wildman–Crippen MR) is 105 cm³/mol. The van der Waals surface area contributed by atoms with Crippen LogP contribution in [-0.2, 0) is 13.0 Å². The number of fused-ring (bicyclic) bond motifs is 3. The lowest BCUT2D eigenvalue weighted by molar-refractivity contribution is 0.0906. The first-order valence-electron chi connectivity index (χ1n) is 9.86. The number of aromatic amines is 1. The van der Waals surface area contributed by atoms with Crippen LogP contribution in [0, 0.1) is 5.92 Å². The molecule has 0 saturated heterocycles. The fraction of sp³-hybridized carbons (Fsp3) is 0.455. The van der Waals surface area contributed by atoms with E-state index in [-0.39, 0.29) is 0 Å². The Labute approximate surface area is 159 Å². The van der Waals surface area contributed by atoms with Gasteiger partial charge in [-0.3, -0.25) is 4.90 Å². The van der Waals surface area contributed by atoms with Gasteiger partial charge in [0.1, 0.15) is 5.76 Å². The molecule has 2 aliphatic rings. The Hall–Kier alpha value is -1.71. The number of nitrogens with one attached hydrogen (secondary N) is 1. The summed E-state index contributed by atoms with van der Waals surface area (Å²) in [5, 5.41) is 2.14. The molecule has 1 aliphatic carbocycles. The highest BCUT2D eigenvalue weighted by atomic mass is 35.5. The van der Waals surface area contributed by atoms with Crippen molar-refractivity contribution in [1.29, 1.82) is 0 Å². The molecule has 0 amide bonds. The van der Waals surface area contributed by atoms with Crippen LogP contribution in [0.1, 0.15) is 55.2 Å². The van der Waals surface area contributed by atoms with Gasteiger partial charge in [-0.1, -0.05) is 30.9 Å². The van der Waals surface area contributed by atoms with Crippen LogP contribution in [0.15, 0.2) is 41.0 Å². The first kappa shape index (κ1) is 16.5. The molecule has 1 fully saturated rings. The molecule has 0 radical (unpaired) electrons. The van der Waals surface area contributed by atoms with E-state index in [9.17, 15) is 0 Å². The average molecular weight is 369 g/mol. The Balaban J connectivity index is 1.57. The molecule has 136 valence electrons. The van der Waals surface area contributed by atoms with Crippen LogP contribution >= 0.6 is 11.6 Å². The molecule has 0 bridgehead atoms. The maximum atomic E-state index is 6.29. The quantitative estimate of drug-likeness (QED) is 0.606. The fourth-order valence-electron chi connectivity index (χ4n) is 5.10. The van der Waals surface area contributed by atoms with Crippen molar-refractivity contribution in [2.45, 2.75) is 51.1 Å². The number of nitrogens with zero attached hydrogens (tertiary/aromatic N) is 1. The summed E-state index contributed by atoms with van der Waals surface area (Å²) >= 11 is 6.29. The molecule has 1 atom stereocenters. The van der Waals surface area contributed by atoms with E-state index in [0.717, 1.165) is 36.2 Å². The molecule has 1 aliphatic heterocycles. The lowest BCUT2D eigenvalue weighted by Gasteiger charge is -2.41. The number of rotatable bonds is 3. The van der Waals surface area contributed by atoms with Crippen molar-refractivity contribution in [3.8, 4) is 0 Å². The Morgan fingerprint density at radius 1 is 1.15 bits per heavy atom. The summed E-state index contributed by atoms with van der Waals surface area (Å²) in [6.07, 6.45) is 9.61. The number of hydrogen-bond acceptors (Lipinski definition) is 2. The topological polar surface area (TPSA) is 32.2 Å². The van der Waals surface area contributed by atoms with Gasteiger partial charge in [0, 0.05) is 28.2 Å². The summed E-state index contributed by atoms with van der Waals surface area (Å²) in [6, 6.07) is 10.8. The summed E-state index contributed by atoms with van der Waals surface area (Å²) in [5.41, 5.74) is 4.13. The van der Waals surface area contributed by atoms with Crippen molar-refractivity contribution < 1.29 is 4.42 Å². The highest BCUT2D eigenvalue weighted by Crippen LogP contribution is 2.44. The minimum absolute atomic E-state index is 0.454. The fourth-order valence-corrected chi connectivity index (χ4v) is 5.28. The molecular weight excluding hydrogens is 344 g/mol. The molecule has 3 aromatic rings. The van der Waals surface area contributed by atoms with Gasteiger partial charge in [-0.2, -0.15) is 0 Å².